The summed E-state index contributed by atoms with van der Waals surface area (Å²) in [6.07, 6.45) is 0.811. The molecule has 26 heavy (non-hydrogen) atoms. The van der Waals surface area contributed by atoms with E-state index in [1.54, 1.807) is 11.8 Å². The van der Waals surface area contributed by atoms with Gasteiger partial charge in [0, 0.05) is 25.1 Å². The van der Waals surface area contributed by atoms with Crippen LogP contribution in [-0.4, -0.2) is 33.0 Å². The summed E-state index contributed by atoms with van der Waals surface area (Å²) in [5.74, 6) is 2.66. The van der Waals surface area contributed by atoms with E-state index in [0.29, 0.717) is 18.9 Å². The van der Waals surface area contributed by atoms with Crippen LogP contribution in [-0.2, 0) is 17.8 Å². The Morgan fingerprint density at radius 3 is 2.77 bits per heavy atom. The van der Waals surface area contributed by atoms with Crippen LogP contribution in [0.15, 0.2) is 23.4 Å². The number of benzene rings is 1. The molecule has 0 saturated heterocycles. The van der Waals surface area contributed by atoms with E-state index in [4.69, 9.17) is 10.5 Å². The third-order valence-electron chi connectivity index (χ3n) is 3.85. The number of primary amides is 1. The zero-order valence-electron chi connectivity index (χ0n) is 16.0. The molecule has 1 amide bonds. The number of aromatic nitrogens is 3. The Kier molecular flexibility index (Phi) is 7.50. The van der Waals surface area contributed by atoms with E-state index in [-0.39, 0.29) is 12.3 Å². The average Bonchev–Trinajstić information content (AvgIpc) is 2.94. The Labute approximate surface area is 159 Å². The molecule has 0 aliphatic rings. The predicted octanol–water partition coefficient (Wildman–Crippen LogP) is 3.14. The van der Waals surface area contributed by atoms with Crippen LogP contribution in [0.3, 0.4) is 0 Å². The standard InChI is InChI=1S/C19H28N4O2S/c1-13(2)12-23-18(8-7-17(20)24)21-22-19(23)26-10-9-25-16-11-14(3)5-6-15(16)4/h5-6,11,13H,7-10,12H2,1-4H3,(H2,20,24). The highest BCUT2D eigenvalue weighted by molar-refractivity contribution is 7.99. The number of thioether (sulfide) groups is 1. The van der Waals surface area contributed by atoms with Gasteiger partial charge in [-0.05, 0) is 37.0 Å². The number of hydrogen-bond donors (Lipinski definition) is 1. The van der Waals surface area contributed by atoms with Crippen molar-refractivity contribution >= 4 is 17.7 Å². The Balaban J connectivity index is 1.95. The first-order valence-corrected chi connectivity index (χ1v) is 9.88. The van der Waals surface area contributed by atoms with Gasteiger partial charge in [0.05, 0.1) is 6.61 Å². The van der Waals surface area contributed by atoms with Crippen molar-refractivity contribution in [3.8, 4) is 5.75 Å². The first-order chi connectivity index (χ1) is 12.4. The van der Waals surface area contributed by atoms with E-state index >= 15 is 0 Å². The number of rotatable bonds is 10. The van der Waals surface area contributed by atoms with Gasteiger partial charge in [-0.25, -0.2) is 0 Å². The van der Waals surface area contributed by atoms with E-state index in [1.807, 2.05) is 6.92 Å². The number of carbonyl (C=O) groups is 1. The van der Waals surface area contributed by atoms with Crippen molar-refractivity contribution in [2.45, 2.75) is 52.2 Å². The molecule has 7 heteroatoms. The normalized spacial score (nSPS) is 11.1. The molecule has 0 unspecified atom stereocenters. The second-order valence-electron chi connectivity index (χ2n) is 6.84. The van der Waals surface area contributed by atoms with E-state index in [2.05, 4.69) is 53.7 Å². The molecule has 1 aromatic heterocycles. The molecule has 0 radical (unpaired) electrons. The summed E-state index contributed by atoms with van der Waals surface area (Å²) in [6, 6.07) is 6.21. The van der Waals surface area contributed by atoms with Gasteiger partial charge in [-0.2, -0.15) is 0 Å². The molecule has 1 aromatic carbocycles. The minimum Gasteiger partial charge on any atom is -0.492 e. The number of aryl methyl sites for hydroxylation is 3. The van der Waals surface area contributed by atoms with Gasteiger partial charge in [0.25, 0.3) is 0 Å². The number of amides is 1. The van der Waals surface area contributed by atoms with E-state index in [9.17, 15) is 4.79 Å². The molecule has 0 saturated carbocycles. The van der Waals surface area contributed by atoms with Crippen LogP contribution < -0.4 is 10.5 Å². The SMILES string of the molecule is Cc1ccc(C)c(OCCSc2nnc(CCC(N)=O)n2CC(C)C)c1. The van der Waals surface area contributed by atoms with Crippen LogP contribution >= 0.6 is 11.8 Å². The summed E-state index contributed by atoms with van der Waals surface area (Å²) in [6.45, 7) is 9.82. The van der Waals surface area contributed by atoms with Crippen molar-refractivity contribution in [3.63, 3.8) is 0 Å². The van der Waals surface area contributed by atoms with Gasteiger partial charge >= 0.3 is 0 Å². The second kappa shape index (κ2) is 9.62. The molecule has 0 aliphatic carbocycles. The van der Waals surface area contributed by atoms with Gasteiger partial charge in [0.2, 0.25) is 5.91 Å². The topological polar surface area (TPSA) is 83.0 Å². The van der Waals surface area contributed by atoms with Crippen LogP contribution in [0.5, 0.6) is 5.75 Å². The fourth-order valence-electron chi connectivity index (χ4n) is 2.54. The number of ether oxygens (including phenoxy) is 1. The van der Waals surface area contributed by atoms with Crippen molar-refractivity contribution in [3.05, 3.63) is 35.2 Å². The number of nitrogens with two attached hydrogens (primary N) is 1. The maximum absolute atomic E-state index is 11.1. The maximum atomic E-state index is 11.1. The van der Waals surface area contributed by atoms with Gasteiger partial charge in [-0.3, -0.25) is 4.79 Å². The van der Waals surface area contributed by atoms with Gasteiger partial charge in [-0.15, -0.1) is 10.2 Å². The van der Waals surface area contributed by atoms with Crippen LogP contribution in [0, 0.1) is 19.8 Å². The van der Waals surface area contributed by atoms with Crippen molar-refractivity contribution in [2.24, 2.45) is 11.7 Å². The fraction of sp³-hybridized carbons (Fsp3) is 0.526. The molecule has 1 heterocycles. The Bertz CT molecular complexity index is 743. The lowest BCUT2D eigenvalue weighted by molar-refractivity contribution is -0.118. The van der Waals surface area contributed by atoms with Crippen LogP contribution in [0.25, 0.3) is 0 Å². The van der Waals surface area contributed by atoms with Crippen LogP contribution in [0.2, 0.25) is 0 Å². The van der Waals surface area contributed by atoms with Crippen LogP contribution in [0.4, 0.5) is 0 Å². The largest absolute Gasteiger partial charge is 0.492 e. The number of hydrogen-bond acceptors (Lipinski definition) is 5. The van der Waals surface area contributed by atoms with Crippen molar-refractivity contribution in [1.29, 1.82) is 0 Å². The predicted molar refractivity (Wildman–Crippen MR) is 105 cm³/mol. The summed E-state index contributed by atoms with van der Waals surface area (Å²) < 4.78 is 8.00. The molecule has 0 aliphatic heterocycles. The molecule has 2 N–H and O–H groups in total. The van der Waals surface area contributed by atoms with Gasteiger partial charge in [0.1, 0.15) is 11.6 Å². The molecule has 0 fully saturated rings. The minimum absolute atomic E-state index is 0.288. The Hall–Kier alpha value is -2.02. The average molecular weight is 377 g/mol. The maximum Gasteiger partial charge on any atom is 0.217 e. The third-order valence-corrected chi connectivity index (χ3v) is 4.78. The lowest BCUT2D eigenvalue weighted by Gasteiger charge is -2.13. The molecular weight excluding hydrogens is 348 g/mol. The van der Waals surface area contributed by atoms with Gasteiger partial charge in [0.15, 0.2) is 5.16 Å². The molecule has 2 rings (SSSR count). The highest BCUT2D eigenvalue weighted by Gasteiger charge is 2.14. The van der Waals surface area contributed by atoms with Crippen molar-refractivity contribution in [2.75, 3.05) is 12.4 Å². The molecule has 6 nitrogen and oxygen atoms in total. The zero-order valence-corrected chi connectivity index (χ0v) is 16.8. The monoisotopic (exact) mass is 376 g/mol. The summed E-state index contributed by atoms with van der Waals surface area (Å²) in [7, 11) is 0. The number of nitrogens with zero attached hydrogens (tertiary/aromatic N) is 3. The zero-order chi connectivity index (χ0) is 19.1. The first-order valence-electron chi connectivity index (χ1n) is 8.90. The molecule has 0 bridgehead atoms. The number of carbonyl (C=O) groups excluding carboxylic acids is 1. The summed E-state index contributed by atoms with van der Waals surface area (Å²) in [5.41, 5.74) is 7.58. The summed E-state index contributed by atoms with van der Waals surface area (Å²) in [5, 5.41) is 9.40. The highest BCUT2D eigenvalue weighted by atomic mass is 32.2. The minimum atomic E-state index is -0.319. The van der Waals surface area contributed by atoms with Crippen molar-refractivity contribution < 1.29 is 9.53 Å². The Morgan fingerprint density at radius 2 is 2.08 bits per heavy atom. The molecule has 142 valence electrons. The van der Waals surface area contributed by atoms with Gasteiger partial charge < -0.3 is 15.0 Å². The van der Waals surface area contributed by atoms with Gasteiger partial charge in [-0.1, -0.05) is 37.7 Å². The molecular formula is C19H28N4O2S. The van der Waals surface area contributed by atoms with Crippen molar-refractivity contribution in [1.82, 2.24) is 14.8 Å². The fourth-order valence-corrected chi connectivity index (χ4v) is 3.33. The molecule has 0 spiro atoms. The summed E-state index contributed by atoms with van der Waals surface area (Å²) in [4.78, 5) is 11.1. The summed E-state index contributed by atoms with van der Waals surface area (Å²) >= 11 is 1.62. The van der Waals surface area contributed by atoms with E-state index < -0.39 is 0 Å². The Morgan fingerprint density at radius 1 is 1.31 bits per heavy atom. The second-order valence-corrected chi connectivity index (χ2v) is 7.90. The lowest BCUT2D eigenvalue weighted by Crippen LogP contribution is -2.15. The highest BCUT2D eigenvalue weighted by Crippen LogP contribution is 2.22. The lowest BCUT2D eigenvalue weighted by atomic mass is 10.1. The molecule has 2 aromatic rings. The first kappa shape index (κ1) is 20.3. The third kappa shape index (κ3) is 6.05. The quantitative estimate of drug-likeness (QED) is 0.509. The van der Waals surface area contributed by atoms with Crippen LogP contribution in [0.1, 0.15) is 37.2 Å². The van der Waals surface area contributed by atoms with E-state index in [1.165, 1.54) is 5.56 Å². The molecule has 0 atom stereocenters. The smallest absolute Gasteiger partial charge is 0.217 e. The van der Waals surface area contributed by atoms with E-state index in [0.717, 1.165) is 34.6 Å².